The summed E-state index contributed by atoms with van der Waals surface area (Å²) >= 11 is 0. The van der Waals surface area contributed by atoms with Gasteiger partial charge in [-0.15, -0.1) is 0 Å². The number of aromatic nitrogens is 3. The summed E-state index contributed by atoms with van der Waals surface area (Å²) in [7, 11) is 0. The average Bonchev–Trinajstić information content (AvgIpc) is 3.24. The number of fused-ring (bicyclic) bond motifs is 1. The van der Waals surface area contributed by atoms with Crippen LogP contribution >= 0.6 is 0 Å². The Hall–Kier alpha value is -1.86. The van der Waals surface area contributed by atoms with Crippen molar-refractivity contribution < 1.29 is 0 Å². The van der Waals surface area contributed by atoms with Crippen molar-refractivity contribution >= 4 is 17.3 Å². The van der Waals surface area contributed by atoms with Crippen LogP contribution in [0.15, 0.2) is 18.6 Å². The highest BCUT2D eigenvalue weighted by molar-refractivity contribution is 5.66. The SMILES string of the molecule is NNc1cn2ccnc2c(N2CCN(C3CC3)CC2)n1. The highest BCUT2D eigenvalue weighted by atomic mass is 15.3. The normalized spacial score (nSPS) is 20.6. The Morgan fingerprint density at radius 1 is 1.20 bits per heavy atom. The van der Waals surface area contributed by atoms with Gasteiger partial charge in [0.15, 0.2) is 17.3 Å². The van der Waals surface area contributed by atoms with Crippen molar-refractivity contribution in [2.45, 2.75) is 18.9 Å². The fourth-order valence-electron chi connectivity index (χ4n) is 2.94. The predicted octanol–water partition coefficient (Wildman–Crippen LogP) is 0.299. The maximum absolute atomic E-state index is 5.51. The number of nitrogens with two attached hydrogens (primary N) is 1. The molecule has 1 aliphatic carbocycles. The number of imidazole rings is 1. The smallest absolute Gasteiger partial charge is 0.180 e. The van der Waals surface area contributed by atoms with Gasteiger partial charge >= 0.3 is 0 Å². The van der Waals surface area contributed by atoms with Gasteiger partial charge in [-0.25, -0.2) is 15.8 Å². The molecule has 2 fully saturated rings. The molecule has 2 aromatic rings. The number of rotatable bonds is 3. The first-order chi connectivity index (χ1) is 9.85. The van der Waals surface area contributed by atoms with Gasteiger partial charge < -0.3 is 14.7 Å². The molecule has 4 rings (SSSR count). The highest BCUT2D eigenvalue weighted by Gasteiger charge is 2.32. The molecule has 1 saturated carbocycles. The summed E-state index contributed by atoms with van der Waals surface area (Å²) in [4.78, 5) is 13.9. The van der Waals surface area contributed by atoms with E-state index in [9.17, 15) is 0 Å². The second kappa shape index (κ2) is 4.60. The molecule has 0 spiro atoms. The minimum atomic E-state index is 0.662. The van der Waals surface area contributed by atoms with Crippen molar-refractivity contribution in [3.05, 3.63) is 18.6 Å². The third kappa shape index (κ3) is 1.99. The molecular weight excluding hydrogens is 254 g/mol. The van der Waals surface area contributed by atoms with Crippen LogP contribution in [0.2, 0.25) is 0 Å². The zero-order valence-corrected chi connectivity index (χ0v) is 11.4. The molecule has 20 heavy (non-hydrogen) atoms. The average molecular weight is 273 g/mol. The van der Waals surface area contributed by atoms with E-state index in [2.05, 4.69) is 25.2 Å². The fourth-order valence-corrected chi connectivity index (χ4v) is 2.94. The van der Waals surface area contributed by atoms with Crippen molar-refractivity contribution in [2.75, 3.05) is 36.5 Å². The molecular formula is C13H19N7. The van der Waals surface area contributed by atoms with E-state index < -0.39 is 0 Å². The van der Waals surface area contributed by atoms with Gasteiger partial charge in [-0.3, -0.25) is 4.90 Å². The van der Waals surface area contributed by atoms with Gasteiger partial charge in [0.1, 0.15) is 0 Å². The summed E-state index contributed by atoms with van der Waals surface area (Å²) < 4.78 is 1.96. The van der Waals surface area contributed by atoms with Crippen LogP contribution in [0, 0.1) is 0 Å². The van der Waals surface area contributed by atoms with Gasteiger partial charge in [0.05, 0.1) is 6.20 Å². The van der Waals surface area contributed by atoms with Crippen molar-refractivity contribution in [2.24, 2.45) is 5.84 Å². The molecule has 1 aliphatic heterocycles. The molecule has 2 aliphatic rings. The second-order valence-electron chi connectivity index (χ2n) is 5.51. The Morgan fingerprint density at radius 2 is 2.00 bits per heavy atom. The molecule has 7 heteroatoms. The van der Waals surface area contributed by atoms with Crippen LogP contribution in [0.4, 0.5) is 11.6 Å². The number of anilines is 2. The summed E-state index contributed by atoms with van der Waals surface area (Å²) in [6, 6.07) is 0.841. The monoisotopic (exact) mass is 273 g/mol. The van der Waals surface area contributed by atoms with Crippen LogP contribution in [0.25, 0.3) is 5.65 Å². The van der Waals surface area contributed by atoms with Crippen LogP contribution in [0.5, 0.6) is 0 Å². The van der Waals surface area contributed by atoms with Crippen molar-refractivity contribution in [1.29, 1.82) is 0 Å². The molecule has 1 saturated heterocycles. The number of hydrogen-bond donors (Lipinski definition) is 2. The number of hydrogen-bond acceptors (Lipinski definition) is 6. The number of piperazine rings is 1. The molecule has 0 atom stereocenters. The molecule has 0 unspecified atom stereocenters. The van der Waals surface area contributed by atoms with Crippen LogP contribution in [-0.2, 0) is 0 Å². The van der Waals surface area contributed by atoms with E-state index in [-0.39, 0.29) is 0 Å². The lowest BCUT2D eigenvalue weighted by Crippen LogP contribution is -2.47. The lowest BCUT2D eigenvalue weighted by atomic mass is 10.3. The standard InChI is InChI=1S/C13H19N7/c14-17-11-9-20-4-3-15-12(20)13(16-11)19-7-5-18(6-8-19)10-1-2-10/h3-4,9-10,17H,1-2,5-8,14H2. The molecule has 0 bridgehead atoms. The Morgan fingerprint density at radius 3 is 2.70 bits per heavy atom. The van der Waals surface area contributed by atoms with Gasteiger partial charge in [-0.1, -0.05) is 0 Å². The summed E-state index contributed by atoms with van der Waals surface area (Å²) in [5.41, 5.74) is 3.52. The summed E-state index contributed by atoms with van der Waals surface area (Å²) in [5, 5.41) is 0. The summed E-state index contributed by atoms with van der Waals surface area (Å²) in [6.45, 7) is 4.22. The van der Waals surface area contributed by atoms with Gasteiger partial charge in [0, 0.05) is 44.6 Å². The van der Waals surface area contributed by atoms with Crippen LogP contribution < -0.4 is 16.2 Å². The first-order valence-electron chi connectivity index (χ1n) is 7.14. The van der Waals surface area contributed by atoms with Gasteiger partial charge in [0.2, 0.25) is 0 Å². The molecule has 106 valence electrons. The third-order valence-electron chi connectivity index (χ3n) is 4.18. The number of nitrogen functional groups attached to an aromatic ring is 1. The van der Waals surface area contributed by atoms with E-state index in [1.807, 2.05) is 16.8 Å². The highest BCUT2D eigenvalue weighted by Crippen LogP contribution is 2.29. The zero-order valence-electron chi connectivity index (χ0n) is 11.4. The van der Waals surface area contributed by atoms with Crippen molar-refractivity contribution in [1.82, 2.24) is 19.3 Å². The molecule has 3 heterocycles. The molecule has 0 amide bonds. The van der Waals surface area contributed by atoms with Crippen molar-refractivity contribution in [3.63, 3.8) is 0 Å². The first-order valence-corrected chi connectivity index (χ1v) is 7.14. The van der Waals surface area contributed by atoms with Gasteiger partial charge in [0.25, 0.3) is 0 Å². The third-order valence-corrected chi connectivity index (χ3v) is 4.18. The fraction of sp³-hybridized carbons (Fsp3) is 0.538. The van der Waals surface area contributed by atoms with E-state index in [4.69, 9.17) is 5.84 Å². The van der Waals surface area contributed by atoms with E-state index in [1.54, 1.807) is 6.20 Å². The van der Waals surface area contributed by atoms with E-state index >= 15 is 0 Å². The van der Waals surface area contributed by atoms with Crippen LogP contribution in [0.1, 0.15) is 12.8 Å². The summed E-state index contributed by atoms with van der Waals surface area (Å²) in [5.74, 6) is 7.08. The molecule has 0 radical (unpaired) electrons. The molecule has 0 aromatic carbocycles. The lowest BCUT2D eigenvalue weighted by Gasteiger charge is -2.35. The molecule has 3 N–H and O–H groups in total. The number of nitrogens with one attached hydrogen (secondary N) is 1. The van der Waals surface area contributed by atoms with Gasteiger partial charge in [-0.05, 0) is 12.8 Å². The topological polar surface area (TPSA) is 74.7 Å². The Balaban J connectivity index is 1.62. The Bertz CT molecular complexity index is 610. The largest absolute Gasteiger partial charge is 0.351 e. The predicted molar refractivity (Wildman–Crippen MR) is 77.6 cm³/mol. The van der Waals surface area contributed by atoms with E-state index in [0.717, 1.165) is 43.7 Å². The Kier molecular flexibility index (Phi) is 2.75. The zero-order chi connectivity index (χ0) is 13.5. The van der Waals surface area contributed by atoms with Gasteiger partial charge in [-0.2, -0.15) is 0 Å². The minimum absolute atomic E-state index is 0.662. The maximum Gasteiger partial charge on any atom is 0.180 e. The maximum atomic E-state index is 5.51. The van der Waals surface area contributed by atoms with Crippen molar-refractivity contribution in [3.8, 4) is 0 Å². The Labute approximate surface area is 117 Å². The first kappa shape index (κ1) is 11.9. The van der Waals surface area contributed by atoms with Crippen LogP contribution in [0.3, 0.4) is 0 Å². The summed E-state index contributed by atoms with van der Waals surface area (Å²) in [6.07, 6.45) is 8.31. The quantitative estimate of drug-likeness (QED) is 0.619. The molecule has 7 nitrogen and oxygen atoms in total. The number of hydrazine groups is 1. The van der Waals surface area contributed by atoms with E-state index in [1.165, 1.54) is 12.8 Å². The van der Waals surface area contributed by atoms with E-state index in [0.29, 0.717) is 5.82 Å². The lowest BCUT2D eigenvalue weighted by molar-refractivity contribution is 0.247. The number of nitrogens with zero attached hydrogens (tertiary/aromatic N) is 5. The second-order valence-corrected chi connectivity index (χ2v) is 5.51. The van der Waals surface area contributed by atoms with Crippen LogP contribution in [-0.4, -0.2) is 51.5 Å². The minimum Gasteiger partial charge on any atom is -0.351 e. The molecule has 2 aromatic heterocycles.